The SMILES string of the molecule is CC1Cc2ccccc2N1CCCNC(=S)Nc1c(F)cccc1F. The molecule has 2 N–H and O–H groups in total. The smallest absolute Gasteiger partial charge is 0.170 e. The molecule has 2 aromatic rings. The van der Waals surface area contributed by atoms with E-state index in [1.807, 2.05) is 0 Å². The number of rotatable bonds is 5. The third kappa shape index (κ3) is 4.07. The zero-order valence-electron chi connectivity index (χ0n) is 14.1. The molecule has 0 radical (unpaired) electrons. The molecular formula is C19H21F2N3S. The van der Waals surface area contributed by atoms with E-state index in [0.29, 0.717) is 12.6 Å². The Kier molecular flexibility index (Phi) is 5.48. The van der Waals surface area contributed by atoms with Crippen LogP contribution in [-0.2, 0) is 6.42 Å². The molecule has 0 saturated carbocycles. The van der Waals surface area contributed by atoms with Crippen molar-refractivity contribution in [2.75, 3.05) is 23.3 Å². The number of benzene rings is 2. The summed E-state index contributed by atoms with van der Waals surface area (Å²) in [5.41, 5.74) is 2.46. The molecule has 0 aliphatic carbocycles. The lowest BCUT2D eigenvalue weighted by atomic mass is 10.1. The van der Waals surface area contributed by atoms with Crippen LogP contribution in [0.15, 0.2) is 42.5 Å². The fraction of sp³-hybridized carbons (Fsp3) is 0.316. The highest BCUT2D eigenvalue weighted by Crippen LogP contribution is 2.31. The Balaban J connectivity index is 1.47. The van der Waals surface area contributed by atoms with Crippen molar-refractivity contribution in [3.63, 3.8) is 0 Å². The molecule has 0 spiro atoms. The topological polar surface area (TPSA) is 27.3 Å². The number of hydrogen-bond donors (Lipinski definition) is 2. The van der Waals surface area contributed by atoms with Crippen molar-refractivity contribution >= 4 is 28.7 Å². The van der Waals surface area contributed by atoms with Gasteiger partial charge in [-0.15, -0.1) is 0 Å². The van der Waals surface area contributed by atoms with E-state index in [9.17, 15) is 8.78 Å². The van der Waals surface area contributed by atoms with Gasteiger partial charge in [0.25, 0.3) is 0 Å². The van der Waals surface area contributed by atoms with Gasteiger partial charge in [0.1, 0.15) is 17.3 Å². The number of halogens is 2. The van der Waals surface area contributed by atoms with E-state index in [1.165, 1.54) is 29.4 Å². The van der Waals surface area contributed by atoms with Crippen LogP contribution in [0.3, 0.4) is 0 Å². The first-order chi connectivity index (χ1) is 12.1. The lowest BCUT2D eigenvalue weighted by Crippen LogP contribution is -2.34. The molecule has 2 aromatic carbocycles. The Labute approximate surface area is 152 Å². The first-order valence-corrected chi connectivity index (χ1v) is 8.80. The maximum Gasteiger partial charge on any atom is 0.170 e. The predicted molar refractivity (Wildman–Crippen MR) is 102 cm³/mol. The monoisotopic (exact) mass is 361 g/mol. The van der Waals surface area contributed by atoms with Crippen LogP contribution >= 0.6 is 12.2 Å². The highest BCUT2D eigenvalue weighted by Gasteiger charge is 2.24. The summed E-state index contributed by atoms with van der Waals surface area (Å²) in [5.74, 6) is -1.32. The van der Waals surface area contributed by atoms with Gasteiger partial charge in [0.2, 0.25) is 0 Å². The molecule has 0 amide bonds. The van der Waals surface area contributed by atoms with Crippen LogP contribution in [0.2, 0.25) is 0 Å². The molecule has 1 aliphatic rings. The Hall–Kier alpha value is -2.21. The molecule has 0 fully saturated rings. The highest BCUT2D eigenvalue weighted by molar-refractivity contribution is 7.80. The van der Waals surface area contributed by atoms with Crippen LogP contribution in [0.4, 0.5) is 20.2 Å². The molecule has 3 nitrogen and oxygen atoms in total. The third-order valence-corrected chi connectivity index (χ3v) is 4.66. The van der Waals surface area contributed by atoms with Crippen molar-refractivity contribution in [2.45, 2.75) is 25.8 Å². The van der Waals surface area contributed by atoms with Crippen molar-refractivity contribution in [1.29, 1.82) is 0 Å². The van der Waals surface area contributed by atoms with Gasteiger partial charge in [-0.05, 0) is 55.7 Å². The number of anilines is 2. The van der Waals surface area contributed by atoms with E-state index in [4.69, 9.17) is 12.2 Å². The largest absolute Gasteiger partial charge is 0.368 e. The van der Waals surface area contributed by atoms with E-state index in [0.717, 1.165) is 19.4 Å². The second kappa shape index (κ2) is 7.78. The van der Waals surface area contributed by atoms with Gasteiger partial charge >= 0.3 is 0 Å². The maximum absolute atomic E-state index is 13.6. The molecule has 3 rings (SSSR count). The van der Waals surface area contributed by atoms with Crippen molar-refractivity contribution in [1.82, 2.24) is 5.32 Å². The van der Waals surface area contributed by atoms with Gasteiger partial charge in [0.15, 0.2) is 5.11 Å². The molecule has 0 saturated heterocycles. The first kappa shape index (κ1) is 17.6. The number of para-hydroxylation sites is 2. The lowest BCUT2D eigenvalue weighted by Gasteiger charge is -2.25. The molecule has 25 heavy (non-hydrogen) atoms. The standard InChI is InChI=1S/C19H21F2N3S/c1-13-12-14-6-2-3-9-17(14)24(13)11-5-10-22-19(25)23-18-15(20)7-4-8-16(18)21/h2-4,6-9,13H,5,10-12H2,1H3,(H2,22,23,25). The van der Waals surface area contributed by atoms with E-state index in [2.05, 4.69) is 46.7 Å². The van der Waals surface area contributed by atoms with Gasteiger partial charge in [0, 0.05) is 24.8 Å². The number of hydrogen-bond acceptors (Lipinski definition) is 2. The minimum Gasteiger partial charge on any atom is -0.368 e. The van der Waals surface area contributed by atoms with Crippen LogP contribution < -0.4 is 15.5 Å². The van der Waals surface area contributed by atoms with Crippen LogP contribution in [0, 0.1) is 11.6 Å². The summed E-state index contributed by atoms with van der Waals surface area (Å²) in [7, 11) is 0. The number of fused-ring (bicyclic) bond motifs is 1. The van der Waals surface area contributed by atoms with Gasteiger partial charge in [0.05, 0.1) is 0 Å². The second-order valence-corrected chi connectivity index (χ2v) is 6.61. The van der Waals surface area contributed by atoms with Gasteiger partial charge in [-0.25, -0.2) is 8.78 Å². The fourth-order valence-corrected chi connectivity index (χ4v) is 3.40. The molecule has 1 atom stereocenters. The van der Waals surface area contributed by atoms with Crippen molar-refractivity contribution in [2.24, 2.45) is 0 Å². The van der Waals surface area contributed by atoms with E-state index >= 15 is 0 Å². The average molecular weight is 361 g/mol. The summed E-state index contributed by atoms with van der Waals surface area (Å²) in [6, 6.07) is 12.6. The quantitative estimate of drug-likeness (QED) is 0.620. The summed E-state index contributed by atoms with van der Waals surface area (Å²) >= 11 is 5.12. The zero-order chi connectivity index (χ0) is 17.8. The molecular weight excluding hydrogens is 340 g/mol. The van der Waals surface area contributed by atoms with Gasteiger partial charge in [-0.3, -0.25) is 0 Å². The minimum atomic E-state index is -0.661. The van der Waals surface area contributed by atoms with Crippen LogP contribution in [0.1, 0.15) is 18.9 Å². The number of nitrogens with one attached hydrogen (secondary N) is 2. The molecule has 0 bridgehead atoms. The van der Waals surface area contributed by atoms with Gasteiger partial charge in [-0.1, -0.05) is 24.3 Å². The molecule has 1 aliphatic heterocycles. The summed E-state index contributed by atoms with van der Waals surface area (Å²) in [4.78, 5) is 2.39. The Morgan fingerprint density at radius 2 is 1.88 bits per heavy atom. The van der Waals surface area contributed by atoms with Crippen molar-refractivity contribution in [3.8, 4) is 0 Å². The molecule has 132 valence electrons. The predicted octanol–water partition coefficient (Wildman–Crippen LogP) is 4.09. The van der Waals surface area contributed by atoms with Gasteiger partial charge < -0.3 is 15.5 Å². The normalized spacial score (nSPS) is 15.8. The van der Waals surface area contributed by atoms with E-state index < -0.39 is 11.6 Å². The Morgan fingerprint density at radius 1 is 1.16 bits per heavy atom. The van der Waals surface area contributed by atoms with Crippen molar-refractivity contribution in [3.05, 3.63) is 59.7 Å². The third-order valence-electron chi connectivity index (χ3n) is 4.41. The maximum atomic E-state index is 13.6. The zero-order valence-corrected chi connectivity index (χ0v) is 14.9. The summed E-state index contributed by atoms with van der Waals surface area (Å²) in [5, 5.41) is 5.82. The van der Waals surface area contributed by atoms with E-state index in [-0.39, 0.29) is 10.8 Å². The number of nitrogens with zero attached hydrogens (tertiary/aromatic N) is 1. The molecule has 6 heteroatoms. The molecule has 0 aromatic heterocycles. The van der Waals surface area contributed by atoms with Crippen molar-refractivity contribution < 1.29 is 8.78 Å². The lowest BCUT2D eigenvalue weighted by molar-refractivity contribution is 0.591. The number of thiocarbonyl (C=S) groups is 1. The summed E-state index contributed by atoms with van der Waals surface area (Å²) in [6.45, 7) is 3.76. The Morgan fingerprint density at radius 3 is 2.64 bits per heavy atom. The van der Waals surface area contributed by atoms with Crippen LogP contribution in [-0.4, -0.2) is 24.2 Å². The summed E-state index contributed by atoms with van der Waals surface area (Å²) < 4.78 is 27.2. The van der Waals surface area contributed by atoms with Crippen LogP contribution in [0.5, 0.6) is 0 Å². The van der Waals surface area contributed by atoms with E-state index in [1.54, 1.807) is 0 Å². The molecule has 1 heterocycles. The molecule has 1 unspecified atom stereocenters. The first-order valence-electron chi connectivity index (χ1n) is 8.39. The summed E-state index contributed by atoms with van der Waals surface area (Å²) in [6.07, 6.45) is 1.94. The second-order valence-electron chi connectivity index (χ2n) is 6.21. The van der Waals surface area contributed by atoms with Gasteiger partial charge in [-0.2, -0.15) is 0 Å². The minimum absolute atomic E-state index is 0.220. The van der Waals surface area contributed by atoms with Crippen LogP contribution in [0.25, 0.3) is 0 Å². The highest BCUT2D eigenvalue weighted by atomic mass is 32.1. The Bertz CT molecular complexity index is 746. The average Bonchev–Trinajstić information content (AvgIpc) is 2.90. The fourth-order valence-electron chi connectivity index (χ4n) is 3.20.